The standard InChI is InChI=1S/C14H12N2O4/c1-14(2)19-12(17)9(13(18)20-14)6-8-4-3-5-10-11(8)16-7-15-10/h3-7H,1-2H3,(H,15,16). The van der Waals surface area contributed by atoms with Crippen LogP contribution >= 0.6 is 0 Å². The number of aromatic nitrogens is 2. The Hall–Kier alpha value is -2.63. The van der Waals surface area contributed by atoms with Gasteiger partial charge < -0.3 is 14.5 Å². The van der Waals surface area contributed by atoms with E-state index in [9.17, 15) is 9.59 Å². The van der Waals surface area contributed by atoms with Crippen LogP contribution in [-0.2, 0) is 19.1 Å². The van der Waals surface area contributed by atoms with E-state index in [1.807, 2.05) is 6.07 Å². The average molecular weight is 272 g/mol. The van der Waals surface area contributed by atoms with E-state index in [0.717, 1.165) is 5.52 Å². The van der Waals surface area contributed by atoms with Crippen LogP contribution in [-0.4, -0.2) is 27.7 Å². The lowest BCUT2D eigenvalue weighted by Gasteiger charge is -2.29. The summed E-state index contributed by atoms with van der Waals surface area (Å²) in [6.07, 6.45) is 2.98. The van der Waals surface area contributed by atoms with Crippen LogP contribution in [0.15, 0.2) is 30.1 Å². The van der Waals surface area contributed by atoms with Crippen LogP contribution in [0.5, 0.6) is 0 Å². The van der Waals surface area contributed by atoms with Crippen molar-refractivity contribution in [2.24, 2.45) is 0 Å². The number of carbonyl (C=O) groups excluding carboxylic acids is 2. The third-order valence-corrected chi connectivity index (χ3v) is 2.90. The minimum Gasteiger partial charge on any atom is -0.419 e. The highest BCUT2D eigenvalue weighted by Crippen LogP contribution is 2.25. The molecule has 0 bridgehead atoms. The Kier molecular flexibility index (Phi) is 2.60. The molecule has 1 aromatic carbocycles. The molecule has 1 N–H and O–H groups in total. The molecule has 1 fully saturated rings. The molecular formula is C14H12N2O4. The number of hydrogen-bond donors (Lipinski definition) is 1. The number of ether oxygens (including phenoxy) is 2. The minimum atomic E-state index is -1.23. The first-order chi connectivity index (χ1) is 9.46. The van der Waals surface area contributed by atoms with E-state index in [1.54, 1.807) is 18.5 Å². The van der Waals surface area contributed by atoms with Gasteiger partial charge in [0.05, 0.1) is 17.4 Å². The molecule has 1 aromatic heterocycles. The number of nitrogens with zero attached hydrogens (tertiary/aromatic N) is 1. The largest absolute Gasteiger partial charge is 0.419 e. The number of para-hydroxylation sites is 1. The number of cyclic esters (lactones) is 2. The Morgan fingerprint density at radius 3 is 2.60 bits per heavy atom. The number of hydrogen-bond acceptors (Lipinski definition) is 5. The number of carbonyl (C=O) groups is 2. The van der Waals surface area contributed by atoms with E-state index in [2.05, 4.69) is 9.97 Å². The second kappa shape index (κ2) is 4.19. The highest BCUT2D eigenvalue weighted by molar-refractivity contribution is 6.19. The Labute approximate surface area is 114 Å². The molecule has 1 aliphatic rings. The molecule has 1 aliphatic heterocycles. The monoisotopic (exact) mass is 272 g/mol. The fourth-order valence-electron chi connectivity index (χ4n) is 2.04. The van der Waals surface area contributed by atoms with Crippen molar-refractivity contribution in [1.29, 1.82) is 0 Å². The van der Waals surface area contributed by atoms with Crippen molar-refractivity contribution < 1.29 is 19.1 Å². The summed E-state index contributed by atoms with van der Waals surface area (Å²) in [6.45, 7) is 3.02. The number of nitrogens with one attached hydrogen (secondary N) is 1. The van der Waals surface area contributed by atoms with Crippen LogP contribution in [0.3, 0.4) is 0 Å². The van der Waals surface area contributed by atoms with Gasteiger partial charge in [-0.05, 0) is 12.1 Å². The highest BCUT2D eigenvalue weighted by atomic mass is 16.7. The zero-order valence-corrected chi connectivity index (χ0v) is 11.0. The summed E-state index contributed by atoms with van der Waals surface area (Å²) in [4.78, 5) is 30.9. The van der Waals surface area contributed by atoms with Crippen LogP contribution in [0.25, 0.3) is 17.1 Å². The van der Waals surface area contributed by atoms with E-state index in [-0.39, 0.29) is 5.57 Å². The van der Waals surface area contributed by atoms with E-state index in [1.165, 1.54) is 19.9 Å². The summed E-state index contributed by atoms with van der Waals surface area (Å²) < 4.78 is 10.1. The molecule has 0 radical (unpaired) electrons. The van der Waals surface area contributed by atoms with Crippen molar-refractivity contribution in [2.75, 3.05) is 0 Å². The summed E-state index contributed by atoms with van der Waals surface area (Å²) in [6, 6.07) is 5.41. The predicted molar refractivity (Wildman–Crippen MR) is 70.3 cm³/mol. The van der Waals surface area contributed by atoms with Gasteiger partial charge in [-0.3, -0.25) is 0 Å². The first-order valence-corrected chi connectivity index (χ1v) is 6.07. The molecule has 0 atom stereocenters. The molecule has 3 rings (SSSR count). The molecule has 2 aromatic rings. The first kappa shape index (κ1) is 12.4. The third kappa shape index (κ3) is 2.05. The summed E-state index contributed by atoms with van der Waals surface area (Å²) in [5.41, 5.74) is 2.00. The molecule has 6 heteroatoms. The Balaban J connectivity index is 2.06. The van der Waals surface area contributed by atoms with Gasteiger partial charge in [0.15, 0.2) is 0 Å². The van der Waals surface area contributed by atoms with Gasteiger partial charge in [0.25, 0.3) is 5.79 Å². The van der Waals surface area contributed by atoms with Gasteiger partial charge in [0.1, 0.15) is 5.57 Å². The fourth-order valence-corrected chi connectivity index (χ4v) is 2.04. The van der Waals surface area contributed by atoms with Crippen molar-refractivity contribution in [2.45, 2.75) is 19.6 Å². The SMILES string of the molecule is CC1(C)OC(=O)C(=Cc2cccc3[nH]cnc23)C(=O)O1. The summed E-state index contributed by atoms with van der Waals surface area (Å²) >= 11 is 0. The molecule has 0 saturated carbocycles. The number of imidazole rings is 1. The second-order valence-corrected chi connectivity index (χ2v) is 4.88. The second-order valence-electron chi connectivity index (χ2n) is 4.88. The molecule has 1 saturated heterocycles. The van der Waals surface area contributed by atoms with Gasteiger partial charge in [0, 0.05) is 19.4 Å². The fraction of sp³-hybridized carbons (Fsp3) is 0.214. The van der Waals surface area contributed by atoms with Crippen molar-refractivity contribution >= 4 is 29.0 Å². The summed E-state index contributed by atoms with van der Waals surface area (Å²) in [5.74, 6) is -2.62. The van der Waals surface area contributed by atoms with Crippen molar-refractivity contribution in [1.82, 2.24) is 9.97 Å². The zero-order valence-electron chi connectivity index (χ0n) is 11.0. The average Bonchev–Trinajstić information content (AvgIpc) is 2.81. The lowest BCUT2D eigenvalue weighted by molar-refractivity contribution is -0.222. The van der Waals surface area contributed by atoms with Crippen LogP contribution in [0.4, 0.5) is 0 Å². The molecule has 0 unspecified atom stereocenters. The number of aromatic amines is 1. The Morgan fingerprint density at radius 1 is 1.20 bits per heavy atom. The predicted octanol–water partition coefficient (Wildman–Crippen LogP) is 1.78. The van der Waals surface area contributed by atoms with Crippen LogP contribution in [0, 0.1) is 0 Å². The van der Waals surface area contributed by atoms with Gasteiger partial charge in [-0.2, -0.15) is 0 Å². The van der Waals surface area contributed by atoms with E-state index in [0.29, 0.717) is 11.1 Å². The van der Waals surface area contributed by atoms with E-state index < -0.39 is 17.7 Å². The van der Waals surface area contributed by atoms with Gasteiger partial charge in [-0.15, -0.1) is 0 Å². The van der Waals surface area contributed by atoms with Gasteiger partial charge in [0.2, 0.25) is 0 Å². The number of H-pyrrole nitrogens is 1. The number of benzene rings is 1. The van der Waals surface area contributed by atoms with Crippen molar-refractivity contribution in [3.63, 3.8) is 0 Å². The molecule has 6 nitrogen and oxygen atoms in total. The Bertz CT molecular complexity index is 720. The lowest BCUT2D eigenvalue weighted by atomic mass is 10.1. The van der Waals surface area contributed by atoms with Crippen LogP contribution in [0.1, 0.15) is 19.4 Å². The van der Waals surface area contributed by atoms with Crippen LogP contribution < -0.4 is 0 Å². The molecular weight excluding hydrogens is 260 g/mol. The van der Waals surface area contributed by atoms with Gasteiger partial charge in [-0.1, -0.05) is 12.1 Å². The van der Waals surface area contributed by atoms with Gasteiger partial charge in [-0.25, -0.2) is 14.6 Å². The van der Waals surface area contributed by atoms with E-state index >= 15 is 0 Å². The lowest BCUT2D eigenvalue weighted by Crippen LogP contribution is -2.41. The maximum Gasteiger partial charge on any atom is 0.348 e. The highest BCUT2D eigenvalue weighted by Gasteiger charge is 2.38. The number of esters is 2. The van der Waals surface area contributed by atoms with Crippen molar-refractivity contribution in [3.8, 4) is 0 Å². The minimum absolute atomic E-state index is 0.139. The number of rotatable bonds is 1. The quantitative estimate of drug-likeness (QED) is 0.486. The molecule has 0 aliphatic carbocycles. The topological polar surface area (TPSA) is 81.3 Å². The van der Waals surface area contributed by atoms with Crippen molar-refractivity contribution in [3.05, 3.63) is 35.7 Å². The first-order valence-electron chi connectivity index (χ1n) is 6.07. The molecule has 0 amide bonds. The molecule has 20 heavy (non-hydrogen) atoms. The molecule has 0 spiro atoms. The van der Waals surface area contributed by atoms with Crippen LogP contribution in [0.2, 0.25) is 0 Å². The molecule has 2 heterocycles. The number of fused-ring (bicyclic) bond motifs is 1. The summed E-state index contributed by atoms with van der Waals surface area (Å²) in [7, 11) is 0. The normalized spacial score (nSPS) is 17.8. The van der Waals surface area contributed by atoms with E-state index in [4.69, 9.17) is 9.47 Å². The maximum absolute atomic E-state index is 11.9. The summed E-state index contributed by atoms with van der Waals surface area (Å²) in [5, 5.41) is 0. The third-order valence-electron chi connectivity index (χ3n) is 2.90. The Morgan fingerprint density at radius 2 is 1.90 bits per heavy atom. The molecule has 102 valence electrons. The van der Waals surface area contributed by atoms with Gasteiger partial charge >= 0.3 is 11.9 Å². The maximum atomic E-state index is 11.9. The zero-order chi connectivity index (χ0) is 14.3. The smallest absolute Gasteiger partial charge is 0.348 e.